The van der Waals surface area contributed by atoms with Crippen molar-refractivity contribution < 1.29 is 14.2 Å². The molecule has 1 spiro atoms. The fourth-order valence-corrected chi connectivity index (χ4v) is 5.85. The molecule has 6 rings (SSSR count). The van der Waals surface area contributed by atoms with Crippen molar-refractivity contribution in [1.82, 2.24) is 5.32 Å². The van der Waals surface area contributed by atoms with Crippen molar-refractivity contribution in [2.24, 2.45) is 5.92 Å². The summed E-state index contributed by atoms with van der Waals surface area (Å²) in [6.07, 6.45) is 5.60. The zero-order chi connectivity index (χ0) is 13.6. The van der Waals surface area contributed by atoms with Crippen molar-refractivity contribution in [3.8, 4) is 11.5 Å². The van der Waals surface area contributed by atoms with Crippen molar-refractivity contribution in [2.75, 3.05) is 13.3 Å². The van der Waals surface area contributed by atoms with Crippen LogP contribution in [-0.4, -0.2) is 25.5 Å². The first-order valence-corrected chi connectivity index (χ1v) is 8.19. The summed E-state index contributed by atoms with van der Waals surface area (Å²) in [5.41, 5.74) is 3.13. The Hall–Kier alpha value is -1.26. The summed E-state index contributed by atoms with van der Waals surface area (Å²) < 4.78 is 17.7. The van der Waals surface area contributed by atoms with Crippen molar-refractivity contribution in [3.63, 3.8) is 0 Å². The number of fused-ring (bicyclic) bond motifs is 4. The maximum absolute atomic E-state index is 6.42. The van der Waals surface area contributed by atoms with E-state index in [0.717, 1.165) is 18.0 Å². The molecule has 2 saturated heterocycles. The molecule has 1 saturated carbocycles. The van der Waals surface area contributed by atoms with E-state index in [4.69, 9.17) is 14.2 Å². The van der Waals surface area contributed by atoms with E-state index in [9.17, 15) is 0 Å². The molecule has 0 unspecified atom stereocenters. The molecule has 3 fully saturated rings. The van der Waals surface area contributed by atoms with Crippen LogP contribution < -0.4 is 14.8 Å². The average Bonchev–Trinajstić information content (AvgIpc) is 3.20. The smallest absolute Gasteiger partial charge is 0.231 e. The second kappa shape index (κ2) is 3.55. The fraction of sp³-hybridized carbons (Fsp3) is 0.647. The van der Waals surface area contributed by atoms with E-state index in [1.807, 2.05) is 0 Å². The Morgan fingerprint density at radius 2 is 2.05 bits per heavy atom. The molecule has 4 nitrogen and oxygen atoms in total. The molecule has 3 heterocycles. The average molecular weight is 285 g/mol. The van der Waals surface area contributed by atoms with Gasteiger partial charge in [0.15, 0.2) is 11.5 Å². The molecular weight excluding hydrogens is 266 g/mol. The monoisotopic (exact) mass is 285 g/mol. The van der Waals surface area contributed by atoms with Crippen LogP contribution in [0.3, 0.4) is 0 Å². The van der Waals surface area contributed by atoms with Crippen LogP contribution in [0.15, 0.2) is 12.1 Å². The molecule has 4 heteroatoms. The summed E-state index contributed by atoms with van der Waals surface area (Å²) in [5, 5.41) is 3.77. The number of ether oxygens (including phenoxy) is 3. The predicted octanol–water partition coefficient (Wildman–Crippen LogP) is 2.27. The number of rotatable bonds is 0. The summed E-state index contributed by atoms with van der Waals surface area (Å²) in [5.74, 6) is 2.51. The zero-order valence-corrected chi connectivity index (χ0v) is 11.9. The van der Waals surface area contributed by atoms with Gasteiger partial charge in [0.2, 0.25) is 6.79 Å². The van der Waals surface area contributed by atoms with Crippen LogP contribution in [-0.2, 0) is 10.2 Å². The molecule has 1 N–H and O–H groups in total. The largest absolute Gasteiger partial charge is 0.454 e. The van der Waals surface area contributed by atoms with Gasteiger partial charge in [0.05, 0.1) is 12.2 Å². The molecule has 5 atom stereocenters. The van der Waals surface area contributed by atoms with Gasteiger partial charge in [-0.1, -0.05) is 0 Å². The topological polar surface area (TPSA) is 39.7 Å². The number of nitrogens with one attached hydrogen (secondary N) is 1. The highest BCUT2D eigenvalue weighted by atomic mass is 16.7. The van der Waals surface area contributed by atoms with Gasteiger partial charge in [-0.3, -0.25) is 0 Å². The highest BCUT2D eigenvalue weighted by molar-refractivity contribution is 5.55. The van der Waals surface area contributed by atoms with Gasteiger partial charge in [-0.05, 0) is 61.4 Å². The summed E-state index contributed by atoms with van der Waals surface area (Å²) in [7, 11) is 0. The van der Waals surface area contributed by atoms with Crippen LogP contribution in [0.25, 0.3) is 0 Å². The van der Waals surface area contributed by atoms with Gasteiger partial charge in [0, 0.05) is 11.5 Å². The highest BCUT2D eigenvalue weighted by Gasteiger charge is 2.62. The van der Waals surface area contributed by atoms with Crippen molar-refractivity contribution in [3.05, 3.63) is 23.3 Å². The molecule has 2 bridgehead atoms. The maximum atomic E-state index is 6.42. The van der Waals surface area contributed by atoms with Gasteiger partial charge in [0.25, 0.3) is 0 Å². The lowest BCUT2D eigenvalue weighted by Gasteiger charge is -2.48. The highest BCUT2D eigenvalue weighted by Crippen LogP contribution is 2.63. The molecule has 110 valence electrons. The third-order valence-corrected chi connectivity index (χ3v) is 6.60. The van der Waals surface area contributed by atoms with E-state index in [0.29, 0.717) is 24.9 Å². The lowest BCUT2D eigenvalue weighted by atomic mass is 9.55. The second-order valence-corrected chi connectivity index (χ2v) is 7.17. The molecule has 2 aliphatic carbocycles. The summed E-state index contributed by atoms with van der Waals surface area (Å²) >= 11 is 0. The minimum Gasteiger partial charge on any atom is -0.454 e. The van der Waals surface area contributed by atoms with E-state index >= 15 is 0 Å². The molecule has 0 amide bonds. The van der Waals surface area contributed by atoms with Crippen molar-refractivity contribution >= 4 is 0 Å². The molecule has 0 radical (unpaired) electrons. The van der Waals surface area contributed by atoms with Crippen molar-refractivity contribution in [2.45, 2.75) is 49.3 Å². The van der Waals surface area contributed by atoms with Gasteiger partial charge >= 0.3 is 0 Å². The van der Waals surface area contributed by atoms with E-state index in [1.54, 1.807) is 0 Å². The Labute approximate surface area is 123 Å². The Balaban J connectivity index is 1.65. The van der Waals surface area contributed by atoms with Crippen LogP contribution in [0.4, 0.5) is 0 Å². The van der Waals surface area contributed by atoms with Gasteiger partial charge in [-0.25, -0.2) is 0 Å². The Morgan fingerprint density at radius 3 is 3.00 bits per heavy atom. The Kier molecular flexibility index (Phi) is 1.92. The van der Waals surface area contributed by atoms with E-state index < -0.39 is 0 Å². The minimum atomic E-state index is 0.270. The van der Waals surface area contributed by atoms with Gasteiger partial charge in [-0.15, -0.1) is 0 Å². The first-order chi connectivity index (χ1) is 10.4. The fourth-order valence-electron chi connectivity index (χ4n) is 5.85. The lowest BCUT2D eigenvalue weighted by Crippen LogP contribution is -2.53. The molecule has 3 aliphatic heterocycles. The van der Waals surface area contributed by atoms with Crippen LogP contribution >= 0.6 is 0 Å². The van der Waals surface area contributed by atoms with Crippen LogP contribution in [0.1, 0.15) is 42.9 Å². The molecule has 5 aliphatic rings. The van der Waals surface area contributed by atoms with Crippen LogP contribution in [0.2, 0.25) is 0 Å². The molecule has 0 aromatic heterocycles. The number of hydrogen-bond acceptors (Lipinski definition) is 4. The van der Waals surface area contributed by atoms with E-state index in [1.165, 1.54) is 36.8 Å². The van der Waals surface area contributed by atoms with Gasteiger partial charge in [0.1, 0.15) is 0 Å². The summed E-state index contributed by atoms with van der Waals surface area (Å²) in [4.78, 5) is 0. The van der Waals surface area contributed by atoms with E-state index in [2.05, 4.69) is 17.4 Å². The quantitative estimate of drug-likeness (QED) is 0.794. The summed E-state index contributed by atoms with van der Waals surface area (Å²) in [6, 6.07) is 5.08. The first kappa shape index (κ1) is 11.3. The third-order valence-electron chi connectivity index (χ3n) is 6.60. The van der Waals surface area contributed by atoms with Crippen LogP contribution in [0, 0.1) is 5.92 Å². The third kappa shape index (κ3) is 1.18. The molecule has 21 heavy (non-hydrogen) atoms. The molecular formula is C17H19NO3. The second-order valence-electron chi connectivity index (χ2n) is 7.17. The predicted molar refractivity (Wildman–Crippen MR) is 75.6 cm³/mol. The summed E-state index contributed by atoms with van der Waals surface area (Å²) in [6.45, 7) is 1.48. The Morgan fingerprint density at radius 1 is 1.14 bits per heavy atom. The van der Waals surface area contributed by atoms with Crippen molar-refractivity contribution in [1.29, 1.82) is 0 Å². The number of benzene rings is 1. The van der Waals surface area contributed by atoms with Gasteiger partial charge in [-0.2, -0.15) is 0 Å². The molecule has 1 aromatic rings. The SMILES string of the molecule is c1c2c(cc3c1[C@@H]1C[C@H]4[C@H](CC[C@@H]5NCC[C@@]354)O1)OCO2. The standard InChI is InChI=1S/C17H19NO3/c1-2-16-17(3-4-18-16)10-6-15-14(19-8-20-15)5-9(10)13-7-11(17)12(1)21-13/h5-6,11-13,16,18H,1-4,7-8H2/t11-,12-,13-,16-,17-/m0/s1. The van der Waals surface area contributed by atoms with E-state index in [-0.39, 0.29) is 11.5 Å². The first-order valence-electron chi connectivity index (χ1n) is 8.19. The Bertz CT molecular complexity index is 645. The van der Waals surface area contributed by atoms with Gasteiger partial charge < -0.3 is 19.5 Å². The zero-order valence-electron chi connectivity index (χ0n) is 11.9. The maximum Gasteiger partial charge on any atom is 0.231 e. The van der Waals surface area contributed by atoms with Crippen LogP contribution in [0.5, 0.6) is 11.5 Å². The number of hydrogen-bond donors (Lipinski definition) is 1. The lowest BCUT2D eigenvalue weighted by molar-refractivity contribution is 0.00562. The minimum absolute atomic E-state index is 0.270. The normalized spacial score (nSPS) is 44.6. The molecule has 1 aromatic carbocycles.